The van der Waals surface area contributed by atoms with Gasteiger partial charge in [-0.15, -0.1) is 0 Å². The van der Waals surface area contributed by atoms with E-state index in [4.69, 9.17) is 16.5 Å². The zero-order valence-electron chi connectivity index (χ0n) is 34.5. The summed E-state index contributed by atoms with van der Waals surface area (Å²) in [5, 5.41) is 0. The van der Waals surface area contributed by atoms with Crippen molar-refractivity contribution in [2.75, 3.05) is 19.6 Å². The van der Waals surface area contributed by atoms with Crippen LogP contribution in [0.25, 0.3) is 38.9 Å². The first-order valence-corrected chi connectivity index (χ1v) is 21.9. The molecule has 13 rings (SSSR count). The third-order valence-corrected chi connectivity index (χ3v) is 13.7. The van der Waals surface area contributed by atoms with Gasteiger partial charge in [0.15, 0.2) is 11.6 Å². The fourth-order valence-electron chi connectivity index (χ4n) is 11.0. The molecule has 4 aliphatic rings. The van der Waals surface area contributed by atoms with Crippen molar-refractivity contribution in [1.82, 2.24) is 9.97 Å². The van der Waals surface area contributed by atoms with E-state index in [2.05, 4.69) is 226 Å². The Labute approximate surface area is 367 Å². The molecule has 0 saturated carbocycles. The van der Waals surface area contributed by atoms with Crippen molar-refractivity contribution in [2.45, 2.75) is 24.7 Å². The van der Waals surface area contributed by atoms with E-state index < -0.39 is 0 Å². The summed E-state index contributed by atoms with van der Waals surface area (Å²) in [5.74, 6) is 1.77. The summed E-state index contributed by atoms with van der Waals surface area (Å²) in [6, 6.07) is 74.7. The minimum atomic E-state index is -0.204. The molecule has 0 aliphatic carbocycles. The highest BCUT2D eigenvalue weighted by Gasteiger charge is 2.59. The van der Waals surface area contributed by atoms with Gasteiger partial charge in [-0.1, -0.05) is 146 Å². The smallest absolute Gasteiger partial charge is 0.179 e. The van der Waals surface area contributed by atoms with E-state index in [-0.39, 0.29) is 24.2 Å². The van der Waals surface area contributed by atoms with Crippen LogP contribution in [0.2, 0.25) is 0 Å². The van der Waals surface area contributed by atoms with Gasteiger partial charge < -0.3 is 19.6 Å². The van der Waals surface area contributed by atoms with Crippen molar-refractivity contribution in [3.63, 3.8) is 0 Å². The van der Waals surface area contributed by atoms with Crippen LogP contribution in [0.4, 0.5) is 45.8 Å². The Balaban J connectivity index is 1.10. The SMILES string of the molecule is C=C1CC2c3ccccc3N3c4nc5ccccc5nc4N(c4ccccc4)C3C2C2N(c3ccc(-c4ccccc4)cc3)c3ccccc3N2c2ccc(-c3ccccc3)cc21. The van der Waals surface area contributed by atoms with Gasteiger partial charge in [0.1, 0.15) is 12.3 Å². The topological polar surface area (TPSA) is 38.7 Å². The highest BCUT2D eigenvalue weighted by molar-refractivity contribution is 5.96. The number of fused-ring (bicyclic) bond motifs is 15. The maximum atomic E-state index is 5.50. The van der Waals surface area contributed by atoms with Crippen molar-refractivity contribution in [1.29, 1.82) is 0 Å². The van der Waals surface area contributed by atoms with E-state index in [1.807, 2.05) is 0 Å². The van der Waals surface area contributed by atoms with Gasteiger partial charge >= 0.3 is 0 Å². The lowest BCUT2D eigenvalue weighted by atomic mass is 9.71. The van der Waals surface area contributed by atoms with Crippen LogP contribution in [0.1, 0.15) is 23.5 Å². The molecule has 0 bridgehead atoms. The van der Waals surface area contributed by atoms with Gasteiger partial charge in [0.05, 0.1) is 28.1 Å². The van der Waals surface area contributed by atoms with Gasteiger partial charge in [-0.25, -0.2) is 9.97 Å². The number of rotatable bonds is 4. The van der Waals surface area contributed by atoms with Gasteiger partial charge in [0.25, 0.3) is 0 Å². The van der Waals surface area contributed by atoms with E-state index >= 15 is 0 Å². The standard InChI is InChI=1S/C57H42N6/c1-37-35-46-44-23-11-14-26-49(44)63-55-54(58-47-24-12-13-25-48(47)59-55)61(42-21-9-4-10-22-42)57(63)53(46)56-60(43-32-29-40(30-33-43)38-17-5-2-6-18-38)51-27-15-16-28-52(51)62(56)50-34-31-41(36-45(37)50)39-19-7-3-8-20-39/h2-34,36,46,53,56-57H,1,35H2. The lowest BCUT2D eigenvalue weighted by Crippen LogP contribution is -2.60. The van der Waals surface area contributed by atoms with Crippen molar-refractivity contribution in [2.24, 2.45) is 5.92 Å². The molecule has 4 unspecified atom stereocenters. The average Bonchev–Trinajstić information content (AvgIpc) is 3.86. The molecule has 6 nitrogen and oxygen atoms in total. The predicted octanol–water partition coefficient (Wildman–Crippen LogP) is 14.0. The highest BCUT2D eigenvalue weighted by atomic mass is 15.5. The van der Waals surface area contributed by atoms with E-state index in [0.29, 0.717) is 0 Å². The van der Waals surface area contributed by atoms with E-state index in [0.717, 1.165) is 51.7 Å². The second-order valence-corrected chi connectivity index (χ2v) is 17.1. The molecular formula is C57H42N6. The lowest BCUT2D eigenvalue weighted by molar-refractivity contribution is 0.290. The average molecular weight is 811 g/mol. The van der Waals surface area contributed by atoms with Crippen LogP contribution < -0.4 is 19.6 Å². The number of hydrogen-bond donors (Lipinski definition) is 0. The van der Waals surface area contributed by atoms with E-state index in [1.165, 1.54) is 50.4 Å². The van der Waals surface area contributed by atoms with Crippen LogP contribution in [0.5, 0.6) is 0 Å². The summed E-state index contributed by atoms with van der Waals surface area (Å²) in [6.07, 6.45) is 0.394. The molecule has 9 aromatic rings. The Bertz CT molecular complexity index is 3220. The molecule has 8 aromatic carbocycles. The van der Waals surface area contributed by atoms with Crippen molar-refractivity contribution in [3.8, 4) is 22.3 Å². The quantitative estimate of drug-likeness (QED) is 0.176. The Hall–Kier alpha value is -7.96. The first-order valence-electron chi connectivity index (χ1n) is 21.9. The number of anilines is 8. The second kappa shape index (κ2) is 14.0. The summed E-state index contributed by atoms with van der Waals surface area (Å²) >= 11 is 0. The number of allylic oxidation sites excluding steroid dienone is 1. The van der Waals surface area contributed by atoms with Crippen LogP contribution in [0, 0.1) is 5.92 Å². The molecule has 63 heavy (non-hydrogen) atoms. The van der Waals surface area contributed by atoms with Gasteiger partial charge in [0, 0.05) is 34.5 Å². The molecule has 0 amide bonds. The fourth-order valence-corrected chi connectivity index (χ4v) is 11.0. The largest absolute Gasteiger partial charge is 0.318 e. The Morgan fingerprint density at radius 2 is 0.889 bits per heavy atom. The summed E-state index contributed by atoms with van der Waals surface area (Å²) in [6.45, 7) is 4.99. The second-order valence-electron chi connectivity index (χ2n) is 17.1. The van der Waals surface area contributed by atoms with Crippen molar-refractivity contribution in [3.05, 3.63) is 224 Å². The van der Waals surface area contributed by atoms with Crippen molar-refractivity contribution >= 4 is 62.4 Å². The van der Waals surface area contributed by atoms with Gasteiger partial charge in [0.2, 0.25) is 0 Å². The van der Waals surface area contributed by atoms with Crippen LogP contribution in [0.3, 0.4) is 0 Å². The van der Waals surface area contributed by atoms with E-state index in [9.17, 15) is 0 Å². The first-order chi connectivity index (χ1) is 31.2. The Kier molecular flexibility index (Phi) is 7.97. The number of hydrogen-bond acceptors (Lipinski definition) is 6. The molecule has 0 radical (unpaired) electrons. The van der Waals surface area contributed by atoms with Gasteiger partial charge in [-0.3, -0.25) is 0 Å². The normalized spacial score (nSPS) is 19.3. The molecule has 0 N–H and O–H groups in total. The molecule has 4 atom stereocenters. The monoisotopic (exact) mass is 810 g/mol. The number of para-hydroxylation sites is 6. The maximum absolute atomic E-state index is 5.50. The maximum Gasteiger partial charge on any atom is 0.179 e. The molecule has 1 aromatic heterocycles. The van der Waals surface area contributed by atoms with Gasteiger partial charge in [-0.2, -0.15) is 0 Å². The third kappa shape index (κ3) is 5.44. The van der Waals surface area contributed by atoms with Crippen molar-refractivity contribution < 1.29 is 0 Å². The summed E-state index contributed by atoms with van der Waals surface area (Å²) in [7, 11) is 0. The fraction of sp³-hybridized carbons (Fsp3) is 0.0877. The van der Waals surface area contributed by atoms with Crippen LogP contribution in [-0.2, 0) is 0 Å². The predicted molar refractivity (Wildman–Crippen MR) is 259 cm³/mol. The van der Waals surface area contributed by atoms with Gasteiger partial charge in [-0.05, 0) is 107 Å². The van der Waals surface area contributed by atoms with Crippen LogP contribution in [-0.4, -0.2) is 22.3 Å². The molecule has 0 fully saturated rings. The molecule has 0 spiro atoms. The minimum absolute atomic E-state index is 0.0425. The molecular weight excluding hydrogens is 769 g/mol. The molecule has 0 saturated heterocycles. The minimum Gasteiger partial charge on any atom is -0.318 e. The summed E-state index contributed by atoms with van der Waals surface area (Å²) in [5.41, 5.74) is 17.1. The number of nitrogens with zero attached hydrogens (tertiary/aromatic N) is 6. The molecule has 300 valence electrons. The highest BCUT2D eigenvalue weighted by Crippen LogP contribution is 2.63. The van der Waals surface area contributed by atoms with Crippen LogP contribution >= 0.6 is 0 Å². The molecule has 4 aliphatic heterocycles. The Morgan fingerprint density at radius 1 is 0.397 bits per heavy atom. The number of benzene rings is 8. The van der Waals surface area contributed by atoms with Crippen LogP contribution in [0.15, 0.2) is 213 Å². The first kappa shape index (κ1) is 35.8. The zero-order chi connectivity index (χ0) is 41.6. The lowest BCUT2D eigenvalue weighted by Gasteiger charge is -2.53. The number of aromatic nitrogens is 2. The Morgan fingerprint density at radius 3 is 1.57 bits per heavy atom. The zero-order valence-corrected chi connectivity index (χ0v) is 34.5. The third-order valence-electron chi connectivity index (χ3n) is 13.7. The molecule has 5 heterocycles. The van der Waals surface area contributed by atoms with E-state index in [1.54, 1.807) is 0 Å². The summed E-state index contributed by atoms with van der Waals surface area (Å²) in [4.78, 5) is 21.3. The summed E-state index contributed by atoms with van der Waals surface area (Å²) < 4.78 is 0. The molecule has 6 heteroatoms.